The molecule has 4 rings (SSSR count). The Morgan fingerprint density at radius 3 is 2.19 bits per heavy atom. The highest BCUT2D eigenvalue weighted by Crippen LogP contribution is 2.30. The van der Waals surface area contributed by atoms with E-state index in [0.717, 1.165) is 11.1 Å². The highest BCUT2D eigenvalue weighted by atomic mass is 35.5. The van der Waals surface area contributed by atoms with Crippen LogP contribution in [0.15, 0.2) is 93.9 Å². The number of methoxy groups -OCH3 is 1. The number of hydrogen-bond donors (Lipinski definition) is 2. The lowest BCUT2D eigenvalue weighted by Gasteiger charge is -2.23. The second kappa shape index (κ2) is 14.0. The fraction of sp³-hybridized carbons (Fsp3) is 0.267. The van der Waals surface area contributed by atoms with Crippen molar-refractivity contribution in [2.45, 2.75) is 30.7 Å². The van der Waals surface area contributed by atoms with E-state index in [2.05, 4.69) is 19.8 Å². The quantitative estimate of drug-likeness (QED) is 0.201. The molecular weight excluding hydrogens is 613 g/mol. The number of esters is 1. The summed E-state index contributed by atoms with van der Waals surface area (Å²) in [6.45, 7) is 3.38. The maximum absolute atomic E-state index is 13.5. The normalized spacial score (nSPS) is 16.0. The first kappa shape index (κ1) is 32.0. The van der Waals surface area contributed by atoms with Crippen LogP contribution in [0.5, 0.6) is 0 Å². The van der Waals surface area contributed by atoms with Crippen LogP contribution in [0.4, 0.5) is 0 Å². The number of carbonyl (C=O) groups excluding carboxylic acids is 2. The minimum atomic E-state index is -4.18. The molecule has 2 N–H and O–H groups in total. The van der Waals surface area contributed by atoms with E-state index >= 15 is 0 Å². The van der Waals surface area contributed by atoms with E-state index < -0.39 is 27.9 Å². The summed E-state index contributed by atoms with van der Waals surface area (Å²) >= 11 is 12.1. The number of benzene rings is 3. The van der Waals surface area contributed by atoms with Gasteiger partial charge in [0.05, 0.1) is 24.3 Å². The number of nitrogens with one attached hydrogen (secondary N) is 2. The monoisotopic (exact) mass is 643 g/mol. The van der Waals surface area contributed by atoms with Crippen LogP contribution in [0.2, 0.25) is 10.0 Å². The van der Waals surface area contributed by atoms with E-state index in [0.29, 0.717) is 15.8 Å². The minimum absolute atomic E-state index is 0.0541. The van der Waals surface area contributed by atoms with Gasteiger partial charge in [0.15, 0.2) is 0 Å². The van der Waals surface area contributed by atoms with Crippen LogP contribution >= 0.6 is 23.2 Å². The van der Waals surface area contributed by atoms with Gasteiger partial charge in [0.2, 0.25) is 11.9 Å². The van der Waals surface area contributed by atoms with Crippen molar-refractivity contribution in [2.24, 2.45) is 16.0 Å². The van der Waals surface area contributed by atoms with E-state index in [9.17, 15) is 18.0 Å². The average Bonchev–Trinajstić information content (AvgIpc) is 3.44. The molecule has 13 heteroatoms. The van der Waals surface area contributed by atoms with Gasteiger partial charge in [-0.2, -0.15) is 5.10 Å². The standard InChI is InChI=1S/C30H31Cl2N5O5S/c1-19(2)27(29(39)33-17-26(38)42-3)34-30(36-43(40,41)24-15-13-23(32)14-16-24)37-18-25(20-7-5-4-6-8-20)28(35-37)21-9-11-22(31)12-10-21/h4-16,19,25,27H,17-18H2,1-3H3,(H,33,39)(H,34,36). The topological polar surface area (TPSA) is 130 Å². The van der Waals surface area contributed by atoms with Crippen LogP contribution in [0.1, 0.15) is 30.9 Å². The lowest BCUT2D eigenvalue weighted by molar-refractivity contribution is -0.141. The summed E-state index contributed by atoms with van der Waals surface area (Å²) in [5.41, 5.74) is 2.41. The zero-order chi connectivity index (χ0) is 31.1. The van der Waals surface area contributed by atoms with Gasteiger partial charge in [-0.05, 0) is 53.4 Å². The third kappa shape index (κ3) is 8.13. The van der Waals surface area contributed by atoms with Gasteiger partial charge in [0.1, 0.15) is 12.6 Å². The molecule has 226 valence electrons. The summed E-state index contributed by atoms with van der Waals surface area (Å²) < 4.78 is 34.2. The Hall–Kier alpha value is -3.93. The van der Waals surface area contributed by atoms with Crippen molar-refractivity contribution in [2.75, 3.05) is 20.2 Å². The molecule has 1 aliphatic rings. The highest BCUT2D eigenvalue weighted by molar-refractivity contribution is 7.90. The zero-order valence-corrected chi connectivity index (χ0v) is 26.0. The number of rotatable bonds is 9. The molecule has 3 aromatic carbocycles. The molecule has 2 atom stereocenters. The molecule has 0 aliphatic carbocycles. The predicted molar refractivity (Wildman–Crippen MR) is 167 cm³/mol. The Balaban J connectivity index is 1.80. The first-order chi connectivity index (χ1) is 20.5. The molecular formula is C30H31Cl2N5O5S. The van der Waals surface area contributed by atoms with Crippen molar-refractivity contribution in [3.63, 3.8) is 0 Å². The lowest BCUT2D eigenvalue weighted by Crippen LogP contribution is -2.45. The van der Waals surface area contributed by atoms with Crippen molar-refractivity contribution in [1.82, 2.24) is 15.0 Å². The molecule has 1 amide bonds. The first-order valence-electron chi connectivity index (χ1n) is 13.4. The molecule has 1 heterocycles. The number of hydrogen-bond acceptors (Lipinski definition) is 7. The van der Waals surface area contributed by atoms with Gasteiger partial charge in [-0.15, -0.1) is 0 Å². The van der Waals surface area contributed by atoms with E-state index in [1.807, 2.05) is 42.5 Å². The third-order valence-corrected chi connectivity index (χ3v) is 8.49. The molecule has 0 saturated heterocycles. The maximum atomic E-state index is 13.5. The number of ether oxygens (including phenoxy) is 1. The van der Waals surface area contributed by atoms with Crippen molar-refractivity contribution >= 4 is 56.8 Å². The number of hydrazone groups is 1. The number of carbonyl (C=O) groups is 2. The average molecular weight is 645 g/mol. The van der Waals surface area contributed by atoms with Crippen LogP contribution in [0.3, 0.4) is 0 Å². The Kier molecular flexibility index (Phi) is 10.4. The largest absolute Gasteiger partial charge is 0.468 e. The summed E-state index contributed by atoms with van der Waals surface area (Å²) in [6, 6.07) is 21.4. The van der Waals surface area contributed by atoms with Gasteiger partial charge in [0.25, 0.3) is 10.0 Å². The van der Waals surface area contributed by atoms with Gasteiger partial charge in [-0.1, -0.05) is 79.5 Å². The Morgan fingerprint density at radius 2 is 1.60 bits per heavy atom. The summed E-state index contributed by atoms with van der Waals surface area (Å²) in [4.78, 5) is 29.4. The van der Waals surface area contributed by atoms with Crippen molar-refractivity contribution < 1.29 is 22.7 Å². The highest BCUT2D eigenvalue weighted by Gasteiger charge is 2.34. The molecule has 0 spiro atoms. The second-order valence-corrected chi connectivity index (χ2v) is 12.6. The fourth-order valence-corrected chi connectivity index (χ4v) is 5.64. The van der Waals surface area contributed by atoms with Gasteiger partial charge >= 0.3 is 5.97 Å². The molecule has 0 aromatic heterocycles. The smallest absolute Gasteiger partial charge is 0.325 e. The van der Waals surface area contributed by atoms with E-state index in [-0.39, 0.29) is 35.8 Å². The molecule has 0 radical (unpaired) electrons. The molecule has 43 heavy (non-hydrogen) atoms. The van der Waals surface area contributed by atoms with Gasteiger partial charge in [0, 0.05) is 16.0 Å². The molecule has 10 nitrogen and oxygen atoms in total. The van der Waals surface area contributed by atoms with Gasteiger partial charge in [-0.25, -0.2) is 23.1 Å². The third-order valence-electron chi connectivity index (χ3n) is 6.65. The van der Waals surface area contributed by atoms with Crippen molar-refractivity contribution in [3.05, 3.63) is 100 Å². The number of aliphatic imine (C=N–C) groups is 1. The van der Waals surface area contributed by atoms with Crippen molar-refractivity contribution in [3.8, 4) is 0 Å². The Bertz CT molecular complexity index is 1610. The van der Waals surface area contributed by atoms with E-state index in [1.54, 1.807) is 26.0 Å². The second-order valence-electron chi connectivity index (χ2n) is 10.0. The molecule has 2 unspecified atom stereocenters. The van der Waals surface area contributed by atoms with Crippen LogP contribution in [0, 0.1) is 5.92 Å². The summed E-state index contributed by atoms with van der Waals surface area (Å²) in [6.07, 6.45) is 0. The van der Waals surface area contributed by atoms with Crippen molar-refractivity contribution in [1.29, 1.82) is 0 Å². The van der Waals surface area contributed by atoms with E-state index in [4.69, 9.17) is 28.3 Å². The van der Waals surface area contributed by atoms with Gasteiger partial charge < -0.3 is 10.1 Å². The lowest BCUT2D eigenvalue weighted by atomic mass is 9.91. The summed E-state index contributed by atoms with van der Waals surface area (Å²) in [5, 5.41) is 9.70. The van der Waals surface area contributed by atoms with E-state index in [1.165, 1.54) is 36.4 Å². The number of nitrogens with zero attached hydrogens (tertiary/aromatic N) is 3. The molecule has 3 aromatic rings. The minimum Gasteiger partial charge on any atom is -0.468 e. The Labute approximate surface area is 260 Å². The van der Waals surface area contributed by atoms with Crippen LogP contribution < -0.4 is 10.0 Å². The predicted octanol–water partition coefficient (Wildman–Crippen LogP) is 4.45. The number of sulfonamides is 1. The summed E-state index contributed by atoms with van der Waals surface area (Å²) in [7, 11) is -2.97. The first-order valence-corrected chi connectivity index (χ1v) is 15.6. The SMILES string of the molecule is COC(=O)CNC(=O)C(N=C(NS(=O)(=O)c1ccc(Cl)cc1)N1CC(c2ccccc2)C(c2ccc(Cl)cc2)=N1)C(C)C. The van der Waals surface area contributed by atoms with Crippen LogP contribution in [0.25, 0.3) is 0 Å². The molecule has 0 fully saturated rings. The van der Waals surface area contributed by atoms with Crippen LogP contribution in [-0.2, 0) is 24.3 Å². The molecule has 1 aliphatic heterocycles. The van der Waals surface area contributed by atoms with Gasteiger partial charge in [-0.3, -0.25) is 9.59 Å². The maximum Gasteiger partial charge on any atom is 0.325 e. The number of amides is 1. The number of guanidine groups is 1. The Morgan fingerprint density at radius 1 is 1.00 bits per heavy atom. The number of halogens is 2. The molecule has 0 bridgehead atoms. The fourth-order valence-electron chi connectivity index (χ4n) is 4.38. The molecule has 0 saturated carbocycles. The zero-order valence-electron chi connectivity index (χ0n) is 23.7. The summed E-state index contributed by atoms with van der Waals surface area (Å²) in [5.74, 6) is -2.01. The van der Waals surface area contributed by atoms with Crippen LogP contribution in [-0.4, -0.2) is 63.2 Å².